The molecule has 3 N–H and O–H groups in total. The van der Waals surface area contributed by atoms with Crippen molar-refractivity contribution in [2.45, 2.75) is 43.5 Å². The Labute approximate surface area is 187 Å². The third-order valence-corrected chi connectivity index (χ3v) is 7.27. The summed E-state index contributed by atoms with van der Waals surface area (Å²) in [5.74, 6) is -0.512. The first-order valence-corrected chi connectivity index (χ1v) is 12.0. The van der Waals surface area contributed by atoms with Crippen LogP contribution in [0, 0.1) is 0 Å². The van der Waals surface area contributed by atoms with E-state index in [-0.39, 0.29) is 23.3 Å². The Morgan fingerprint density at radius 3 is 2.97 bits per heavy atom. The molecule has 2 amide bonds. The molecule has 1 fully saturated rings. The van der Waals surface area contributed by atoms with Crippen LogP contribution in [0.4, 0.5) is 0 Å². The molecule has 1 saturated heterocycles. The van der Waals surface area contributed by atoms with Gasteiger partial charge in [-0.1, -0.05) is 30.0 Å². The number of rotatable bonds is 9. The van der Waals surface area contributed by atoms with Gasteiger partial charge in [0, 0.05) is 36.2 Å². The van der Waals surface area contributed by atoms with Crippen molar-refractivity contribution in [2.75, 3.05) is 18.9 Å². The molecule has 2 aromatic heterocycles. The fourth-order valence-corrected chi connectivity index (χ4v) is 5.46. The summed E-state index contributed by atoms with van der Waals surface area (Å²) in [6.07, 6.45) is 2.88. The van der Waals surface area contributed by atoms with Crippen molar-refractivity contribution in [3.63, 3.8) is 0 Å². The van der Waals surface area contributed by atoms with E-state index >= 15 is 0 Å². The first kappa shape index (κ1) is 21.8. The molecule has 1 atom stereocenters. The van der Waals surface area contributed by atoms with E-state index in [2.05, 4.69) is 5.32 Å². The number of carbonyl (C=O) groups excluding carboxylic acids is 2. The Kier molecular flexibility index (Phi) is 6.89. The quantitative estimate of drug-likeness (QED) is 0.374. The number of nitrogens with zero attached hydrogens (tertiary/aromatic N) is 2. The normalized spacial score (nSPS) is 16.2. The predicted octanol–water partition coefficient (Wildman–Crippen LogP) is 2.26. The van der Waals surface area contributed by atoms with Crippen LogP contribution in [0.2, 0.25) is 0 Å². The Morgan fingerprint density at radius 1 is 1.35 bits per heavy atom. The van der Waals surface area contributed by atoms with Crippen LogP contribution < -0.4 is 16.6 Å². The topological polar surface area (TPSA) is 116 Å². The van der Waals surface area contributed by atoms with Crippen molar-refractivity contribution in [3.05, 3.63) is 34.6 Å². The number of primary amides is 1. The van der Waals surface area contributed by atoms with Gasteiger partial charge in [-0.15, -0.1) is 11.3 Å². The maximum Gasteiger partial charge on any atom is 0.272 e. The number of hydrogen-bond donors (Lipinski definition) is 2. The largest absolute Gasteiger partial charge is 0.376 e. The molecule has 10 heteroatoms. The molecule has 0 aliphatic carbocycles. The predicted molar refractivity (Wildman–Crippen MR) is 123 cm³/mol. The molecular formula is C21H24N4O4S2. The lowest BCUT2D eigenvalue weighted by Gasteiger charge is -2.13. The van der Waals surface area contributed by atoms with E-state index in [1.54, 1.807) is 4.57 Å². The van der Waals surface area contributed by atoms with Crippen LogP contribution in [0.25, 0.3) is 20.3 Å². The average molecular weight is 461 g/mol. The van der Waals surface area contributed by atoms with Crippen LogP contribution in [0.15, 0.2) is 34.2 Å². The molecule has 1 aromatic carbocycles. The number of thioether (sulfide) groups is 1. The van der Waals surface area contributed by atoms with Gasteiger partial charge in [0.1, 0.15) is 4.70 Å². The van der Waals surface area contributed by atoms with Gasteiger partial charge in [0.05, 0.1) is 17.4 Å². The standard InChI is InChI=1S/C21H24N4O4S2/c22-16(26)12-30-21-24-18-14-6-1-2-7-15(14)31-19(18)20(28)25(21)9-3-8-17(27)23-11-13-5-4-10-29-13/h1-2,6-7,13H,3-5,8-12H2,(H2,22,26)(H,23,27). The smallest absolute Gasteiger partial charge is 0.272 e. The maximum absolute atomic E-state index is 13.2. The van der Waals surface area contributed by atoms with Crippen LogP contribution in [0.3, 0.4) is 0 Å². The monoisotopic (exact) mass is 460 g/mol. The Bertz CT molecular complexity index is 1170. The number of carbonyl (C=O) groups is 2. The van der Waals surface area contributed by atoms with Gasteiger partial charge < -0.3 is 15.8 Å². The van der Waals surface area contributed by atoms with Crippen LogP contribution in [0.5, 0.6) is 0 Å². The van der Waals surface area contributed by atoms with Gasteiger partial charge in [-0.25, -0.2) is 4.98 Å². The summed E-state index contributed by atoms with van der Waals surface area (Å²) in [6, 6.07) is 7.73. The summed E-state index contributed by atoms with van der Waals surface area (Å²) in [6.45, 7) is 1.61. The highest BCUT2D eigenvalue weighted by Gasteiger charge is 2.18. The molecule has 0 saturated carbocycles. The van der Waals surface area contributed by atoms with Crippen LogP contribution in [0.1, 0.15) is 25.7 Å². The second-order valence-electron chi connectivity index (χ2n) is 7.42. The summed E-state index contributed by atoms with van der Waals surface area (Å²) in [5, 5.41) is 4.26. The summed E-state index contributed by atoms with van der Waals surface area (Å²) in [5.41, 5.74) is 5.79. The highest BCUT2D eigenvalue weighted by molar-refractivity contribution is 7.99. The molecule has 31 heavy (non-hydrogen) atoms. The zero-order valence-corrected chi connectivity index (χ0v) is 18.6. The number of fused-ring (bicyclic) bond motifs is 3. The molecule has 0 spiro atoms. The number of nitrogens with one attached hydrogen (secondary N) is 1. The van der Waals surface area contributed by atoms with Crippen molar-refractivity contribution >= 4 is 55.2 Å². The van der Waals surface area contributed by atoms with E-state index in [0.29, 0.717) is 41.3 Å². The highest BCUT2D eigenvalue weighted by Crippen LogP contribution is 2.31. The minimum atomic E-state index is -0.477. The molecule has 3 aromatic rings. The van der Waals surface area contributed by atoms with E-state index in [1.165, 1.54) is 11.3 Å². The van der Waals surface area contributed by atoms with Gasteiger partial charge in [0.25, 0.3) is 5.56 Å². The third kappa shape index (κ3) is 5.08. The molecule has 1 unspecified atom stereocenters. The Balaban J connectivity index is 1.51. The van der Waals surface area contributed by atoms with Crippen LogP contribution in [-0.2, 0) is 20.9 Å². The molecular weight excluding hydrogens is 436 g/mol. The first-order valence-electron chi connectivity index (χ1n) is 10.2. The van der Waals surface area contributed by atoms with E-state index in [9.17, 15) is 14.4 Å². The highest BCUT2D eigenvalue weighted by atomic mass is 32.2. The lowest BCUT2D eigenvalue weighted by Crippen LogP contribution is -2.32. The summed E-state index contributed by atoms with van der Waals surface area (Å²) >= 11 is 2.55. The fourth-order valence-electron chi connectivity index (χ4n) is 3.62. The van der Waals surface area contributed by atoms with Gasteiger partial charge in [-0.2, -0.15) is 0 Å². The molecule has 3 heterocycles. The number of thiophene rings is 1. The average Bonchev–Trinajstić information content (AvgIpc) is 3.40. The van der Waals surface area contributed by atoms with Gasteiger partial charge in [0.2, 0.25) is 11.8 Å². The van der Waals surface area contributed by atoms with E-state index in [4.69, 9.17) is 15.5 Å². The summed E-state index contributed by atoms with van der Waals surface area (Å²) in [4.78, 5) is 41.4. The van der Waals surface area contributed by atoms with Gasteiger partial charge >= 0.3 is 0 Å². The fraction of sp³-hybridized carbons (Fsp3) is 0.429. The van der Waals surface area contributed by atoms with Crippen molar-refractivity contribution in [1.82, 2.24) is 14.9 Å². The number of nitrogens with two attached hydrogens (primary N) is 1. The number of aromatic nitrogens is 2. The zero-order chi connectivity index (χ0) is 21.8. The molecule has 1 aliphatic rings. The minimum Gasteiger partial charge on any atom is -0.376 e. The molecule has 8 nitrogen and oxygen atoms in total. The number of benzene rings is 1. The first-order chi connectivity index (χ1) is 15.0. The molecule has 164 valence electrons. The van der Waals surface area contributed by atoms with Crippen LogP contribution >= 0.6 is 23.1 Å². The van der Waals surface area contributed by atoms with Crippen molar-refractivity contribution < 1.29 is 14.3 Å². The Hall–Kier alpha value is -2.43. The van der Waals surface area contributed by atoms with Gasteiger partial charge in [-0.05, 0) is 25.3 Å². The van der Waals surface area contributed by atoms with Crippen LogP contribution in [-0.4, -0.2) is 46.4 Å². The van der Waals surface area contributed by atoms with Crippen molar-refractivity contribution in [1.29, 1.82) is 0 Å². The second-order valence-corrected chi connectivity index (χ2v) is 9.42. The molecule has 4 rings (SSSR count). The lowest BCUT2D eigenvalue weighted by atomic mass is 10.2. The lowest BCUT2D eigenvalue weighted by molar-refractivity contribution is -0.121. The van der Waals surface area contributed by atoms with E-state index < -0.39 is 5.91 Å². The maximum atomic E-state index is 13.2. The third-order valence-electron chi connectivity index (χ3n) is 5.13. The Morgan fingerprint density at radius 2 is 2.19 bits per heavy atom. The van der Waals surface area contributed by atoms with Gasteiger partial charge in [0.15, 0.2) is 5.16 Å². The number of ether oxygens (including phenoxy) is 1. The number of amides is 2. The molecule has 0 bridgehead atoms. The molecule has 0 radical (unpaired) electrons. The zero-order valence-electron chi connectivity index (χ0n) is 17.0. The number of hydrogen-bond acceptors (Lipinski definition) is 7. The van der Waals surface area contributed by atoms with Crippen molar-refractivity contribution in [2.24, 2.45) is 5.73 Å². The molecule has 1 aliphatic heterocycles. The summed E-state index contributed by atoms with van der Waals surface area (Å²) < 4.78 is 8.63. The van der Waals surface area contributed by atoms with E-state index in [0.717, 1.165) is 41.3 Å². The van der Waals surface area contributed by atoms with E-state index in [1.807, 2.05) is 24.3 Å². The summed E-state index contributed by atoms with van der Waals surface area (Å²) in [7, 11) is 0. The SMILES string of the molecule is NC(=O)CSc1nc2c(sc3ccccc32)c(=O)n1CCCC(=O)NCC1CCCO1. The van der Waals surface area contributed by atoms with Gasteiger partial charge in [-0.3, -0.25) is 19.0 Å². The minimum absolute atomic E-state index is 0.0297. The second kappa shape index (κ2) is 9.80. The van der Waals surface area contributed by atoms with Crippen molar-refractivity contribution in [3.8, 4) is 0 Å².